The smallest absolute Gasteiger partial charge is 0.266 e. The topological polar surface area (TPSA) is 86.1 Å². The molecule has 0 spiro atoms. The molecule has 180 valence electrons. The van der Waals surface area contributed by atoms with Gasteiger partial charge in [-0.3, -0.25) is 9.59 Å². The van der Waals surface area contributed by atoms with Crippen molar-refractivity contribution < 1.29 is 9.53 Å². The molecule has 0 fully saturated rings. The minimum Gasteiger partial charge on any atom is -0.494 e. The van der Waals surface area contributed by atoms with E-state index in [1.165, 1.54) is 10.7 Å². The molecule has 1 N–H and O–H groups in total. The van der Waals surface area contributed by atoms with E-state index in [2.05, 4.69) is 22.3 Å². The van der Waals surface area contributed by atoms with Crippen LogP contribution >= 0.6 is 11.3 Å². The van der Waals surface area contributed by atoms with Crippen molar-refractivity contribution in [2.45, 2.75) is 33.2 Å². The van der Waals surface area contributed by atoms with Crippen LogP contribution in [-0.2, 0) is 6.54 Å². The zero-order chi connectivity index (χ0) is 24.6. The predicted molar refractivity (Wildman–Crippen MR) is 139 cm³/mol. The Morgan fingerprint density at radius 3 is 2.57 bits per heavy atom. The third kappa shape index (κ3) is 6.22. The number of nitrogens with one attached hydrogen (secondary N) is 1. The molecule has 2 aromatic heterocycles. The molecule has 0 atom stereocenters. The van der Waals surface area contributed by atoms with E-state index in [0.717, 1.165) is 39.7 Å². The molecule has 0 aliphatic carbocycles. The minimum atomic E-state index is -0.220. The Labute approximate surface area is 208 Å². The lowest BCUT2D eigenvalue weighted by molar-refractivity contribution is 0.0951. The van der Waals surface area contributed by atoms with Crippen LogP contribution in [0.15, 0.2) is 71.5 Å². The number of rotatable bonds is 10. The van der Waals surface area contributed by atoms with Gasteiger partial charge < -0.3 is 10.1 Å². The van der Waals surface area contributed by atoms with Gasteiger partial charge in [0.1, 0.15) is 16.5 Å². The zero-order valence-electron chi connectivity index (χ0n) is 19.9. The average molecular weight is 489 g/mol. The number of aryl methyl sites for hydroxylation is 1. The molecule has 7 nitrogen and oxygen atoms in total. The Bertz CT molecular complexity index is 1330. The highest BCUT2D eigenvalue weighted by Gasteiger charge is 2.14. The number of thiazole rings is 1. The molecule has 0 saturated carbocycles. The van der Waals surface area contributed by atoms with Crippen LogP contribution in [0.2, 0.25) is 0 Å². The molecular weight excluding hydrogens is 460 g/mol. The van der Waals surface area contributed by atoms with E-state index in [9.17, 15) is 9.59 Å². The lowest BCUT2D eigenvalue weighted by Crippen LogP contribution is -2.31. The summed E-state index contributed by atoms with van der Waals surface area (Å²) in [5, 5.41) is 8.30. The summed E-state index contributed by atoms with van der Waals surface area (Å²) in [5.74, 6) is 0.538. The van der Waals surface area contributed by atoms with E-state index < -0.39 is 0 Å². The maximum atomic E-state index is 12.5. The molecule has 2 aromatic carbocycles. The van der Waals surface area contributed by atoms with Gasteiger partial charge in [-0.2, -0.15) is 5.10 Å². The number of unbranched alkanes of at least 4 members (excludes halogenated alkanes) is 1. The number of ether oxygens (including phenoxy) is 1. The van der Waals surface area contributed by atoms with Gasteiger partial charge in [-0.15, -0.1) is 11.3 Å². The molecule has 0 radical (unpaired) electrons. The largest absolute Gasteiger partial charge is 0.494 e. The van der Waals surface area contributed by atoms with Crippen LogP contribution in [0.25, 0.3) is 21.1 Å². The van der Waals surface area contributed by atoms with E-state index in [4.69, 9.17) is 4.74 Å². The second kappa shape index (κ2) is 11.6. The van der Waals surface area contributed by atoms with Gasteiger partial charge in [0.25, 0.3) is 11.5 Å². The summed E-state index contributed by atoms with van der Waals surface area (Å²) in [7, 11) is 0. The van der Waals surface area contributed by atoms with Gasteiger partial charge in [-0.05, 0) is 43.7 Å². The van der Waals surface area contributed by atoms with Gasteiger partial charge in [-0.25, -0.2) is 9.67 Å². The Morgan fingerprint density at radius 1 is 1.06 bits per heavy atom. The van der Waals surface area contributed by atoms with Crippen LogP contribution in [-0.4, -0.2) is 33.8 Å². The summed E-state index contributed by atoms with van der Waals surface area (Å²) in [6.45, 7) is 5.26. The molecule has 4 aromatic rings. The minimum absolute atomic E-state index is 0.208. The Kier molecular flexibility index (Phi) is 8.05. The van der Waals surface area contributed by atoms with E-state index in [1.807, 2.05) is 37.3 Å². The number of carbonyl (C=O) groups is 1. The number of benzene rings is 2. The van der Waals surface area contributed by atoms with Gasteiger partial charge in [0, 0.05) is 23.7 Å². The van der Waals surface area contributed by atoms with Gasteiger partial charge in [-0.1, -0.05) is 43.7 Å². The molecule has 1 amide bonds. The first-order valence-corrected chi connectivity index (χ1v) is 12.5. The van der Waals surface area contributed by atoms with Crippen LogP contribution in [0, 0.1) is 6.92 Å². The van der Waals surface area contributed by atoms with Crippen molar-refractivity contribution in [1.29, 1.82) is 0 Å². The van der Waals surface area contributed by atoms with Crippen molar-refractivity contribution in [2.24, 2.45) is 0 Å². The Balaban J connectivity index is 1.39. The van der Waals surface area contributed by atoms with Crippen LogP contribution in [0.5, 0.6) is 5.75 Å². The Hall–Kier alpha value is -3.78. The summed E-state index contributed by atoms with van der Waals surface area (Å²) >= 11 is 1.54. The lowest BCUT2D eigenvalue weighted by atomic mass is 10.2. The quantitative estimate of drug-likeness (QED) is 0.319. The lowest BCUT2D eigenvalue weighted by Gasteiger charge is -2.09. The van der Waals surface area contributed by atoms with Crippen molar-refractivity contribution in [3.05, 3.63) is 88.3 Å². The number of hydrogen-bond acceptors (Lipinski definition) is 6. The summed E-state index contributed by atoms with van der Waals surface area (Å²) < 4.78 is 7.01. The predicted octanol–water partition coefficient (Wildman–Crippen LogP) is 4.95. The van der Waals surface area contributed by atoms with Gasteiger partial charge in [0.2, 0.25) is 0 Å². The fourth-order valence-electron chi connectivity index (χ4n) is 3.48. The van der Waals surface area contributed by atoms with Crippen molar-refractivity contribution in [2.75, 3.05) is 13.2 Å². The van der Waals surface area contributed by atoms with E-state index in [1.54, 1.807) is 41.7 Å². The first-order valence-electron chi connectivity index (χ1n) is 11.7. The van der Waals surface area contributed by atoms with Crippen molar-refractivity contribution in [3.63, 3.8) is 0 Å². The van der Waals surface area contributed by atoms with Crippen LogP contribution in [0.4, 0.5) is 0 Å². The number of nitrogens with zero attached hydrogens (tertiary/aromatic N) is 3. The maximum absolute atomic E-state index is 12.5. The number of amides is 1. The van der Waals surface area contributed by atoms with E-state index in [-0.39, 0.29) is 24.6 Å². The SMILES string of the molecule is CCCCOc1ccc(C(=O)NCCn2nc(-c3sc(-c4ccccc4)nc3C)ccc2=O)cc1. The second-order valence-corrected chi connectivity index (χ2v) is 9.06. The van der Waals surface area contributed by atoms with E-state index >= 15 is 0 Å². The summed E-state index contributed by atoms with van der Waals surface area (Å²) in [6, 6.07) is 20.2. The van der Waals surface area contributed by atoms with Gasteiger partial charge >= 0.3 is 0 Å². The van der Waals surface area contributed by atoms with Crippen LogP contribution < -0.4 is 15.6 Å². The molecule has 0 aliphatic heterocycles. The maximum Gasteiger partial charge on any atom is 0.266 e. The Morgan fingerprint density at radius 2 is 1.83 bits per heavy atom. The second-order valence-electron chi connectivity index (χ2n) is 8.06. The molecule has 4 rings (SSSR count). The zero-order valence-corrected chi connectivity index (χ0v) is 20.7. The number of carbonyl (C=O) groups excluding carboxylic acids is 1. The summed E-state index contributed by atoms with van der Waals surface area (Å²) in [4.78, 5) is 30.5. The summed E-state index contributed by atoms with van der Waals surface area (Å²) in [6.07, 6.45) is 2.06. The highest BCUT2D eigenvalue weighted by Crippen LogP contribution is 2.33. The molecule has 0 bridgehead atoms. The number of hydrogen-bond donors (Lipinski definition) is 1. The van der Waals surface area contributed by atoms with Crippen molar-refractivity contribution >= 4 is 17.2 Å². The fraction of sp³-hybridized carbons (Fsp3) is 0.259. The summed E-state index contributed by atoms with van der Waals surface area (Å²) in [5.41, 5.74) is 2.91. The molecule has 0 saturated heterocycles. The normalized spacial score (nSPS) is 10.8. The van der Waals surface area contributed by atoms with Crippen molar-refractivity contribution in [1.82, 2.24) is 20.1 Å². The molecule has 8 heteroatoms. The standard InChI is InChI=1S/C27H28N4O3S/c1-3-4-18-34-22-12-10-20(11-13-22)26(33)28-16-17-31-24(32)15-14-23(30-31)25-19(2)29-27(35-25)21-8-6-5-7-9-21/h5-15H,3-4,16-18H2,1-2H3,(H,28,33). The highest BCUT2D eigenvalue weighted by molar-refractivity contribution is 7.18. The number of aromatic nitrogens is 3. The molecule has 0 unspecified atom stereocenters. The van der Waals surface area contributed by atoms with Crippen LogP contribution in [0.3, 0.4) is 0 Å². The molecule has 2 heterocycles. The van der Waals surface area contributed by atoms with Gasteiger partial charge in [0.05, 0.1) is 23.7 Å². The van der Waals surface area contributed by atoms with Crippen molar-refractivity contribution in [3.8, 4) is 26.9 Å². The average Bonchev–Trinajstić information content (AvgIpc) is 3.28. The first kappa shape index (κ1) is 24.3. The molecular formula is C27H28N4O3S. The van der Waals surface area contributed by atoms with Gasteiger partial charge in [0.15, 0.2) is 0 Å². The highest BCUT2D eigenvalue weighted by atomic mass is 32.1. The third-order valence-electron chi connectivity index (χ3n) is 5.41. The molecule has 0 aliphatic rings. The monoisotopic (exact) mass is 488 g/mol. The van der Waals surface area contributed by atoms with E-state index in [0.29, 0.717) is 17.9 Å². The third-order valence-corrected chi connectivity index (χ3v) is 6.64. The molecule has 35 heavy (non-hydrogen) atoms. The first-order chi connectivity index (χ1) is 17.0. The van der Waals surface area contributed by atoms with Crippen LogP contribution in [0.1, 0.15) is 35.8 Å². The fourth-order valence-corrected chi connectivity index (χ4v) is 4.52.